The molecule has 1 amide bonds. The number of Topliss-reactive ketones (excluding diaryl/α,β-unsaturated/α-hetero) is 2. The number of aliphatic hydroxyl groups excluding tert-OH is 2. The molecule has 228 valence electrons. The number of phenolic OH excluding ortho intramolecular Hbond substituents is 1. The fraction of sp³-hybridized carbons (Fsp3) is 0.424. The molecule has 0 saturated heterocycles. The van der Waals surface area contributed by atoms with Crippen molar-refractivity contribution < 1.29 is 34.4 Å². The summed E-state index contributed by atoms with van der Waals surface area (Å²) in [5, 5.41) is 36.9. The Kier molecular flexibility index (Phi) is 8.11. The number of hydrogen-bond donors (Lipinski definition) is 5. The van der Waals surface area contributed by atoms with Crippen molar-refractivity contribution in [3.63, 3.8) is 0 Å². The highest BCUT2D eigenvalue weighted by Crippen LogP contribution is 2.52. The molecular weight excluding hydrogens is 550 g/mol. The molecule has 0 heterocycles. The number of nitrogens with zero attached hydrogens (tertiary/aromatic N) is 1. The van der Waals surface area contributed by atoms with Crippen LogP contribution in [0.25, 0.3) is 11.1 Å². The molecule has 43 heavy (non-hydrogen) atoms. The first-order chi connectivity index (χ1) is 20.4. The minimum absolute atomic E-state index is 0.0517. The Hall–Kier alpha value is -4.15. The van der Waals surface area contributed by atoms with Crippen molar-refractivity contribution in [3.8, 4) is 22.6 Å². The summed E-state index contributed by atoms with van der Waals surface area (Å²) in [6.07, 6.45) is 0.583. The van der Waals surface area contributed by atoms with Gasteiger partial charge in [0.2, 0.25) is 0 Å². The lowest BCUT2D eigenvalue weighted by Crippen LogP contribution is -2.53. The molecule has 0 aromatic heterocycles. The molecule has 0 aliphatic heterocycles. The van der Waals surface area contributed by atoms with Gasteiger partial charge in [-0.3, -0.25) is 19.3 Å². The number of allylic oxidation sites excluding steroid dienone is 2. The number of hydrogen-bond acceptors (Lipinski definition) is 9. The van der Waals surface area contributed by atoms with Gasteiger partial charge in [0.05, 0.1) is 24.6 Å². The van der Waals surface area contributed by atoms with E-state index in [0.29, 0.717) is 30.2 Å². The first kappa shape index (κ1) is 30.3. The topological polar surface area (TPSA) is 162 Å². The third-order valence-corrected chi connectivity index (χ3v) is 8.89. The highest BCUT2D eigenvalue weighted by molar-refractivity contribution is 6.22. The van der Waals surface area contributed by atoms with E-state index < -0.39 is 58.4 Å². The van der Waals surface area contributed by atoms with E-state index in [4.69, 9.17) is 10.5 Å². The molecule has 2 aromatic carbocycles. The van der Waals surface area contributed by atoms with Crippen LogP contribution in [0.5, 0.6) is 11.5 Å². The molecule has 10 heteroatoms. The van der Waals surface area contributed by atoms with Crippen molar-refractivity contribution in [2.45, 2.75) is 39.3 Å². The molecular formula is C33H39N3O7. The molecule has 6 N–H and O–H groups in total. The zero-order valence-electron chi connectivity index (χ0n) is 25.1. The van der Waals surface area contributed by atoms with Crippen molar-refractivity contribution in [1.29, 1.82) is 0 Å². The van der Waals surface area contributed by atoms with Gasteiger partial charge in [-0.05, 0) is 86.1 Å². The molecule has 0 fully saturated rings. The maximum Gasteiger partial charge on any atom is 0.255 e. The van der Waals surface area contributed by atoms with Gasteiger partial charge in [-0.2, -0.15) is 0 Å². The number of rotatable bonds is 8. The predicted molar refractivity (Wildman–Crippen MR) is 161 cm³/mol. The summed E-state index contributed by atoms with van der Waals surface area (Å²) >= 11 is 0. The van der Waals surface area contributed by atoms with Gasteiger partial charge in [-0.15, -0.1) is 0 Å². The number of carbonyl (C=O) groups is 3. The number of fused-ring (bicyclic) bond motifs is 3. The van der Waals surface area contributed by atoms with Crippen LogP contribution in [0.15, 0.2) is 53.0 Å². The number of aromatic hydroxyl groups is 1. The molecule has 0 bridgehead atoms. The predicted octanol–water partition coefficient (Wildman–Crippen LogP) is 3.43. The molecule has 3 aliphatic carbocycles. The van der Waals surface area contributed by atoms with Gasteiger partial charge in [-0.25, -0.2) is 0 Å². The van der Waals surface area contributed by atoms with E-state index in [1.54, 1.807) is 32.2 Å². The van der Waals surface area contributed by atoms with E-state index in [9.17, 15) is 29.7 Å². The van der Waals surface area contributed by atoms with E-state index in [1.165, 1.54) is 6.07 Å². The molecule has 0 radical (unpaired) electrons. The van der Waals surface area contributed by atoms with Gasteiger partial charge in [0.1, 0.15) is 28.6 Å². The van der Waals surface area contributed by atoms with Gasteiger partial charge in [0.25, 0.3) is 5.91 Å². The summed E-state index contributed by atoms with van der Waals surface area (Å²) < 4.78 is 5.70. The van der Waals surface area contributed by atoms with Gasteiger partial charge < -0.3 is 31.1 Å². The van der Waals surface area contributed by atoms with Gasteiger partial charge in [0, 0.05) is 17.7 Å². The van der Waals surface area contributed by atoms with Crippen molar-refractivity contribution >= 4 is 17.5 Å². The van der Waals surface area contributed by atoms with Gasteiger partial charge in [0.15, 0.2) is 11.6 Å². The van der Waals surface area contributed by atoms with E-state index in [-0.39, 0.29) is 23.3 Å². The molecule has 3 unspecified atom stereocenters. The molecule has 0 saturated carbocycles. The van der Waals surface area contributed by atoms with Crippen LogP contribution < -0.4 is 15.8 Å². The normalized spacial score (nSPS) is 23.4. The quantitative estimate of drug-likeness (QED) is 0.290. The van der Waals surface area contributed by atoms with Gasteiger partial charge in [-0.1, -0.05) is 26.0 Å². The molecule has 5 rings (SSSR count). The minimum atomic E-state index is -1.22. The van der Waals surface area contributed by atoms with E-state index in [2.05, 4.69) is 19.2 Å². The number of likely N-dealkylation sites (N-methyl/N-ethyl adjacent to an activating group) is 1. The maximum atomic E-state index is 14.1. The first-order valence-electron chi connectivity index (χ1n) is 14.5. The average Bonchev–Trinajstić information content (AvgIpc) is 2.92. The summed E-state index contributed by atoms with van der Waals surface area (Å²) in [6, 6.07) is 8.33. The minimum Gasteiger partial charge on any atom is -0.511 e. The monoisotopic (exact) mass is 589 g/mol. The Morgan fingerprint density at radius 3 is 2.44 bits per heavy atom. The van der Waals surface area contributed by atoms with Crippen LogP contribution in [0.3, 0.4) is 0 Å². The Morgan fingerprint density at radius 2 is 1.81 bits per heavy atom. The third kappa shape index (κ3) is 5.08. The van der Waals surface area contributed by atoms with E-state index in [0.717, 1.165) is 23.2 Å². The van der Waals surface area contributed by atoms with Crippen LogP contribution in [-0.2, 0) is 22.6 Å². The summed E-state index contributed by atoms with van der Waals surface area (Å²) in [4.78, 5) is 41.4. The summed E-state index contributed by atoms with van der Waals surface area (Å²) in [5.41, 5.74) is 8.17. The Morgan fingerprint density at radius 1 is 1.09 bits per heavy atom. The number of ether oxygens (including phenoxy) is 1. The number of benzene rings is 2. The van der Waals surface area contributed by atoms with Crippen molar-refractivity contribution in [2.75, 3.05) is 27.7 Å². The maximum absolute atomic E-state index is 14.1. The number of nitrogens with one attached hydrogen (secondary N) is 1. The molecule has 0 spiro atoms. The molecule has 2 aromatic rings. The van der Waals surface area contributed by atoms with Crippen LogP contribution in [0.2, 0.25) is 0 Å². The summed E-state index contributed by atoms with van der Waals surface area (Å²) in [5.74, 6) is -4.77. The number of methoxy groups -OCH3 is 1. The fourth-order valence-electron chi connectivity index (χ4n) is 7.10. The van der Waals surface area contributed by atoms with Crippen LogP contribution in [0.1, 0.15) is 41.8 Å². The number of amides is 1. The second-order valence-corrected chi connectivity index (χ2v) is 12.3. The number of aliphatic hydroxyl groups is 2. The second kappa shape index (κ2) is 11.5. The smallest absolute Gasteiger partial charge is 0.255 e. The molecule has 3 aliphatic rings. The number of phenols is 1. The van der Waals surface area contributed by atoms with Crippen molar-refractivity contribution in [3.05, 3.63) is 69.7 Å². The standard InChI is InChI=1S/C33H39N3O7/c1-15(2)13-35-14-16-6-9-23(43-5)19(10-16)18-7-8-22(37)25-20(18)11-17-12-21-26(30(39)24(17)29(25)38)31(40)27(33(34)42)32(41)28(21)36(3)4/h6-10,15,17,21,26,28,35,37,39,41H,11-14H2,1-5H3,(H2,34,42)/t17?,21?,26?,28-/m0/s1. The van der Waals surface area contributed by atoms with Crippen LogP contribution in [0, 0.1) is 23.7 Å². The lowest BCUT2D eigenvalue weighted by atomic mass is 9.60. The van der Waals surface area contributed by atoms with Crippen LogP contribution >= 0.6 is 0 Å². The number of primary amides is 1. The van der Waals surface area contributed by atoms with Crippen molar-refractivity contribution in [1.82, 2.24) is 10.2 Å². The molecule has 10 nitrogen and oxygen atoms in total. The Labute approximate surface area is 250 Å². The number of ketones is 2. The Bertz CT molecular complexity index is 1570. The average molecular weight is 590 g/mol. The van der Waals surface area contributed by atoms with Gasteiger partial charge >= 0.3 is 0 Å². The summed E-state index contributed by atoms with van der Waals surface area (Å²) in [6.45, 7) is 5.77. The largest absolute Gasteiger partial charge is 0.511 e. The molecule has 4 atom stereocenters. The van der Waals surface area contributed by atoms with Crippen molar-refractivity contribution in [2.24, 2.45) is 29.4 Å². The highest BCUT2D eigenvalue weighted by Gasteiger charge is 2.54. The highest BCUT2D eigenvalue weighted by atomic mass is 16.5. The zero-order valence-corrected chi connectivity index (χ0v) is 25.1. The first-order valence-corrected chi connectivity index (χ1v) is 14.5. The number of nitrogens with two attached hydrogens (primary N) is 1. The zero-order chi connectivity index (χ0) is 31.3. The third-order valence-electron chi connectivity index (χ3n) is 8.89. The fourth-order valence-corrected chi connectivity index (χ4v) is 7.10. The van der Waals surface area contributed by atoms with E-state index >= 15 is 0 Å². The number of carbonyl (C=O) groups excluding carboxylic acids is 3. The lowest BCUT2D eigenvalue weighted by molar-refractivity contribution is -0.127. The van der Waals surface area contributed by atoms with Crippen LogP contribution in [0.4, 0.5) is 0 Å². The van der Waals surface area contributed by atoms with Crippen LogP contribution in [-0.4, -0.2) is 71.5 Å². The Balaban J connectivity index is 1.63. The second-order valence-electron chi connectivity index (χ2n) is 12.3. The summed E-state index contributed by atoms with van der Waals surface area (Å²) in [7, 11) is 4.99. The lowest BCUT2D eigenvalue weighted by Gasteiger charge is -2.46. The van der Waals surface area contributed by atoms with E-state index in [1.807, 2.05) is 18.2 Å². The SMILES string of the molecule is COc1ccc(CNCC(C)C)cc1-c1ccc(O)c2c1CC1CC3C(C(=O)C(C(N)=O)=C(O)[C@H]3N(C)C)C(O)=C1C2=O.